The standard InChI is InChI=1S/C25H30/c1-3-22(24-18-12-8-13-19-24)16-10-6-5-7-11-17-23(4-2)25-20-14-9-15-21-25/h3-4,6,9-12,14-20,25H,1,5,7-8,13,21H2,2H3/b10-6+,17-11-,22-16+,23-4+. The summed E-state index contributed by atoms with van der Waals surface area (Å²) in [6.07, 6.45) is 36.3. The van der Waals surface area contributed by atoms with Crippen LogP contribution in [0.5, 0.6) is 0 Å². The molecule has 0 aromatic carbocycles. The molecule has 0 saturated carbocycles. The molecule has 0 fully saturated rings. The second kappa shape index (κ2) is 11.3. The number of rotatable bonds is 8. The minimum atomic E-state index is 0.539. The fourth-order valence-corrected chi connectivity index (χ4v) is 3.05. The van der Waals surface area contributed by atoms with Crippen molar-refractivity contribution in [1.29, 1.82) is 0 Å². The van der Waals surface area contributed by atoms with Crippen LogP contribution < -0.4 is 0 Å². The Morgan fingerprint density at radius 2 is 2.04 bits per heavy atom. The van der Waals surface area contributed by atoms with Crippen molar-refractivity contribution in [3.63, 3.8) is 0 Å². The Balaban J connectivity index is 1.78. The van der Waals surface area contributed by atoms with Crippen LogP contribution in [0.25, 0.3) is 0 Å². The molecule has 0 aromatic heterocycles. The second-order valence-corrected chi connectivity index (χ2v) is 6.32. The monoisotopic (exact) mass is 330 g/mol. The Morgan fingerprint density at radius 3 is 2.72 bits per heavy atom. The molecule has 2 aliphatic carbocycles. The van der Waals surface area contributed by atoms with E-state index >= 15 is 0 Å². The highest BCUT2D eigenvalue weighted by Gasteiger charge is 2.07. The molecule has 0 aliphatic heterocycles. The lowest BCUT2D eigenvalue weighted by atomic mass is 9.91. The summed E-state index contributed by atoms with van der Waals surface area (Å²) < 4.78 is 0. The van der Waals surface area contributed by atoms with Crippen LogP contribution in [0, 0.1) is 5.92 Å². The van der Waals surface area contributed by atoms with E-state index in [1.165, 1.54) is 16.7 Å². The molecule has 0 heterocycles. The first-order chi connectivity index (χ1) is 12.3. The Hall–Kier alpha value is -2.34. The van der Waals surface area contributed by atoms with Gasteiger partial charge in [-0.15, -0.1) is 0 Å². The SMILES string of the molecule is C=C/C(=C\C=C\CC/C=C\C(=C/C)C1C=CC=CC1)C1=CCCC=C1. The summed E-state index contributed by atoms with van der Waals surface area (Å²) in [5.74, 6) is 0.539. The summed E-state index contributed by atoms with van der Waals surface area (Å²) in [4.78, 5) is 0. The molecule has 0 N–H and O–H groups in total. The Kier molecular flexibility index (Phi) is 8.55. The lowest BCUT2D eigenvalue weighted by Crippen LogP contribution is -1.99. The maximum absolute atomic E-state index is 3.93. The minimum absolute atomic E-state index is 0.539. The van der Waals surface area contributed by atoms with Crippen LogP contribution in [0.1, 0.15) is 39.0 Å². The molecule has 0 saturated heterocycles. The molecule has 0 spiro atoms. The van der Waals surface area contributed by atoms with Gasteiger partial charge in [-0.1, -0.05) is 91.6 Å². The second-order valence-electron chi connectivity index (χ2n) is 6.32. The predicted octanol–water partition coefficient (Wildman–Crippen LogP) is 7.35. The quantitative estimate of drug-likeness (QED) is 0.322. The molecule has 1 atom stereocenters. The maximum Gasteiger partial charge on any atom is 0.00523 e. The Morgan fingerprint density at radius 1 is 1.16 bits per heavy atom. The van der Waals surface area contributed by atoms with Gasteiger partial charge < -0.3 is 0 Å². The van der Waals surface area contributed by atoms with Gasteiger partial charge in [0.1, 0.15) is 0 Å². The third-order valence-corrected chi connectivity index (χ3v) is 4.51. The molecule has 2 aliphatic rings. The van der Waals surface area contributed by atoms with Crippen LogP contribution in [0.3, 0.4) is 0 Å². The van der Waals surface area contributed by atoms with E-state index in [0.29, 0.717) is 5.92 Å². The number of allylic oxidation sites excluding steroid dienone is 17. The smallest absolute Gasteiger partial charge is 0.00523 e. The van der Waals surface area contributed by atoms with E-state index in [2.05, 4.69) is 92.5 Å². The highest BCUT2D eigenvalue weighted by molar-refractivity contribution is 5.48. The van der Waals surface area contributed by atoms with Gasteiger partial charge in [0.05, 0.1) is 0 Å². The molecule has 0 radical (unpaired) electrons. The Bertz CT molecular complexity index is 669. The van der Waals surface area contributed by atoms with Gasteiger partial charge in [-0.2, -0.15) is 0 Å². The molecular formula is C25H30. The van der Waals surface area contributed by atoms with Crippen molar-refractivity contribution in [2.24, 2.45) is 5.92 Å². The molecule has 0 heteroatoms. The van der Waals surface area contributed by atoms with Gasteiger partial charge in [-0.3, -0.25) is 0 Å². The van der Waals surface area contributed by atoms with Crippen LogP contribution in [0.2, 0.25) is 0 Å². The first-order valence-corrected chi connectivity index (χ1v) is 9.37. The first-order valence-electron chi connectivity index (χ1n) is 9.37. The fourth-order valence-electron chi connectivity index (χ4n) is 3.05. The molecule has 130 valence electrons. The molecule has 0 aromatic rings. The molecule has 2 rings (SSSR count). The van der Waals surface area contributed by atoms with Crippen molar-refractivity contribution in [3.05, 3.63) is 108 Å². The first kappa shape index (κ1) is 19.0. The van der Waals surface area contributed by atoms with E-state index < -0.39 is 0 Å². The van der Waals surface area contributed by atoms with E-state index in [-0.39, 0.29) is 0 Å². The summed E-state index contributed by atoms with van der Waals surface area (Å²) in [5, 5.41) is 0. The van der Waals surface area contributed by atoms with Crippen molar-refractivity contribution in [3.8, 4) is 0 Å². The van der Waals surface area contributed by atoms with Gasteiger partial charge in [0, 0.05) is 5.92 Å². The van der Waals surface area contributed by atoms with E-state index in [4.69, 9.17) is 0 Å². The molecule has 25 heavy (non-hydrogen) atoms. The lowest BCUT2D eigenvalue weighted by Gasteiger charge is -2.13. The summed E-state index contributed by atoms with van der Waals surface area (Å²) in [7, 11) is 0. The molecule has 0 nitrogen and oxygen atoms in total. The fraction of sp³-hybridized carbons (Fsp3) is 0.280. The van der Waals surface area contributed by atoms with Crippen LogP contribution >= 0.6 is 0 Å². The number of unbranched alkanes of at least 4 members (excludes halogenated alkanes) is 1. The van der Waals surface area contributed by atoms with Crippen LogP contribution in [0.15, 0.2) is 108 Å². The maximum atomic E-state index is 3.93. The van der Waals surface area contributed by atoms with Crippen LogP contribution in [-0.4, -0.2) is 0 Å². The number of hydrogen-bond acceptors (Lipinski definition) is 0. The topological polar surface area (TPSA) is 0 Å². The van der Waals surface area contributed by atoms with Crippen LogP contribution in [-0.2, 0) is 0 Å². The molecule has 0 amide bonds. The summed E-state index contributed by atoms with van der Waals surface area (Å²) in [5.41, 5.74) is 3.91. The predicted molar refractivity (Wildman–Crippen MR) is 112 cm³/mol. The van der Waals surface area contributed by atoms with Gasteiger partial charge in [-0.05, 0) is 55.7 Å². The summed E-state index contributed by atoms with van der Waals surface area (Å²) in [6.45, 7) is 6.06. The Labute approximate surface area is 153 Å². The average molecular weight is 331 g/mol. The summed E-state index contributed by atoms with van der Waals surface area (Å²) in [6, 6.07) is 0. The van der Waals surface area contributed by atoms with Gasteiger partial charge >= 0.3 is 0 Å². The molecule has 0 bridgehead atoms. The average Bonchev–Trinajstić information content (AvgIpc) is 2.68. The zero-order valence-electron chi connectivity index (χ0n) is 15.4. The zero-order valence-corrected chi connectivity index (χ0v) is 15.4. The lowest BCUT2D eigenvalue weighted by molar-refractivity contribution is 0.783. The zero-order chi connectivity index (χ0) is 17.7. The van der Waals surface area contributed by atoms with E-state index in [0.717, 1.165) is 32.1 Å². The van der Waals surface area contributed by atoms with Crippen molar-refractivity contribution < 1.29 is 0 Å². The number of hydrogen-bond donors (Lipinski definition) is 0. The van der Waals surface area contributed by atoms with Crippen molar-refractivity contribution in [1.82, 2.24) is 0 Å². The van der Waals surface area contributed by atoms with Gasteiger partial charge in [-0.25, -0.2) is 0 Å². The molecule has 1 unspecified atom stereocenters. The minimum Gasteiger partial charge on any atom is -0.0984 e. The van der Waals surface area contributed by atoms with Crippen LogP contribution in [0.4, 0.5) is 0 Å². The third kappa shape index (κ3) is 6.58. The van der Waals surface area contributed by atoms with Crippen molar-refractivity contribution in [2.75, 3.05) is 0 Å². The highest BCUT2D eigenvalue weighted by atomic mass is 14.1. The van der Waals surface area contributed by atoms with E-state index in [1.54, 1.807) is 0 Å². The van der Waals surface area contributed by atoms with Crippen molar-refractivity contribution >= 4 is 0 Å². The molecular weight excluding hydrogens is 300 g/mol. The van der Waals surface area contributed by atoms with Gasteiger partial charge in [0.2, 0.25) is 0 Å². The van der Waals surface area contributed by atoms with E-state index in [9.17, 15) is 0 Å². The largest absolute Gasteiger partial charge is 0.0984 e. The highest BCUT2D eigenvalue weighted by Crippen LogP contribution is 2.22. The third-order valence-electron chi connectivity index (χ3n) is 4.51. The van der Waals surface area contributed by atoms with Crippen molar-refractivity contribution in [2.45, 2.75) is 39.0 Å². The van der Waals surface area contributed by atoms with Gasteiger partial charge in [0.15, 0.2) is 0 Å². The van der Waals surface area contributed by atoms with Gasteiger partial charge in [0.25, 0.3) is 0 Å². The van der Waals surface area contributed by atoms with E-state index in [1.807, 2.05) is 6.08 Å². The summed E-state index contributed by atoms with van der Waals surface area (Å²) >= 11 is 0. The normalized spacial score (nSPS) is 21.3.